The van der Waals surface area contributed by atoms with Gasteiger partial charge in [-0.1, -0.05) is 30.3 Å². The summed E-state index contributed by atoms with van der Waals surface area (Å²) < 4.78 is 5.39. The molecule has 7 heteroatoms. The molecule has 1 amide bonds. The number of pyridine rings is 1. The Morgan fingerprint density at radius 3 is 2.41 bits per heavy atom. The Morgan fingerprint density at radius 2 is 1.66 bits per heavy atom. The zero-order valence-corrected chi connectivity index (χ0v) is 18.0. The van der Waals surface area contributed by atoms with E-state index in [4.69, 9.17) is 4.74 Å². The Bertz CT molecular complexity index is 1290. The summed E-state index contributed by atoms with van der Waals surface area (Å²) in [5.74, 6) is -0.296. The molecule has 4 aromatic rings. The first kappa shape index (κ1) is 21.1. The largest absolute Gasteiger partial charge is 0.456 e. The first-order chi connectivity index (χ1) is 15.3. The second kappa shape index (κ2) is 8.55. The number of carbonyl (C=O) groups excluding carboxylic acids is 2. The van der Waals surface area contributed by atoms with Gasteiger partial charge in [-0.3, -0.25) is 9.78 Å². The molecule has 0 atom stereocenters. The van der Waals surface area contributed by atoms with Crippen LogP contribution in [0, 0.1) is 0 Å². The van der Waals surface area contributed by atoms with Gasteiger partial charge in [0.15, 0.2) is 0 Å². The van der Waals surface area contributed by atoms with Gasteiger partial charge in [-0.15, -0.1) is 0 Å². The average Bonchev–Trinajstić information content (AvgIpc) is 2.78. The van der Waals surface area contributed by atoms with Crippen molar-refractivity contribution in [3.63, 3.8) is 0 Å². The number of para-hydroxylation sites is 1. The van der Waals surface area contributed by atoms with Crippen molar-refractivity contribution in [2.75, 3.05) is 5.32 Å². The number of esters is 1. The van der Waals surface area contributed by atoms with Crippen LogP contribution in [0.3, 0.4) is 0 Å². The van der Waals surface area contributed by atoms with Crippen LogP contribution in [0.2, 0.25) is 0 Å². The van der Waals surface area contributed by atoms with E-state index >= 15 is 0 Å². The Kier molecular flexibility index (Phi) is 5.64. The topological polar surface area (TPSA) is 94.1 Å². The van der Waals surface area contributed by atoms with E-state index in [1.807, 2.05) is 45.0 Å². The van der Waals surface area contributed by atoms with Crippen LogP contribution >= 0.6 is 0 Å². The van der Waals surface area contributed by atoms with Crippen LogP contribution in [0.15, 0.2) is 73.2 Å². The fourth-order valence-electron chi connectivity index (χ4n) is 3.18. The number of amides is 1. The van der Waals surface area contributed by atoms with E-state index in [1.54, 1.807) is 42.6 Å². The fourth-order valence-corrected chi connectivity index (χ4v) is 3.18. The molecule has 2 aromatic heterocycles. The van der Waals surface area contributed by atoms with E-state index in [1.165, 1.54) is 6.33 Å². The molecule has 2 heterocycles. The van der Waals surface area contributed by atoms with Crippen molar-refractivity contribution < 1.29 is 14.3 Å². The van der Waals surface area contributed by atoms with Crippen LogP contribution in [0.4, 0.5) is 5.82 Å². The van der Waals surface area contributed by atoms with Crippen LogP contribution < -0.4 is 5.32 Å². The number of benzene rings is 2. The number of carbonyl (C=O) groups is 2. The molecule has 0 unspecified atom stereocenters. The Morgan fingerprint density at radius 1 is 0.906 bits per heavy atom. The summed E-state index contributed by atoms with van der Waals surface area (Å²) in [7, 11) is 0. The lowest BCUT2D eigenvalue weighted by Crippen LogP contribution is -2.23. The van der Waals surface area contributed by atoms with Crippen molar-refractivity contribution in [2.24, 2.45) is 0 Å². The van der Waals surface area contributed by atoms with E-state index in [-0.39, 0.29) is 11.9 Å². The molecule has 32 heavy (non-hydrogen) atoms. The fraction of sp³-hybridized carbons (Fsp3) is 0.160. The second-order valence-corrected chi connectivity index (χ2v) is 8.20. The molecule has 160 valence electrons. The molecule has 0 bridgehead atoms. The van der Waals surface area contributed by atoms with E-state index < -0.39 is 5.60 Å². The van der Waals surface area contributed by atoms with Gasteiger partial charge in [-0.2, -0.15) is 0 Å². The smallest absolute Gasteiger partial charge is 0.338 e. The van der Waals surface area contributed by atoms with Crippen LogP contribution in [0.1, 0.15) is 41.5 Å². The predicted molar refractivity (Wildman–Crippen MR) is 122 cm³/mol. The lowest BCUT2D eigenvalue weighted by molar-refractivity contribution is 0.00694. The number of fused-ring (bicyclic) bond motifs is 1. The summed E-state index contributed by atoms with van der Waals surface area (Å²) in [4.78, 5) is 37.8. The zero-order chi connectivity index (χ0) is 22.7. The monoisotopic (exact) mass is 426 g/mol. The number of hydrogen-bond donors (Lipinski definition) is 1. The minimum absolute atomic E-state index is 0.284. The molecule has 0 aliphatic rings. The van der Waals surface area contributed by atoms with Gasteiger partial charge in [0.1, 0.15) is 17.7 Å². The molecule has 0 saturated carbocycles. The standard InChI is InChI=1S/C25H22N4O3/c1-25(2,3)32-24(31)17-10-8-16(9-11-17)21-14-22(28-15-27-21)29-23(30)19-12-13-26-20-7-5-4-6-18(19)20/h4-15H,1-3H3,(H,27,28,29,30). The summed E-state index contributed by atoms with van der Waals surface area (Å²) in [5, 5.41) is 3.59. The van der Waals surface area contributed by atoms with E-state index in [0.29, 0.717) is 22.6 Å². The number of anilines is 1. The first-order valence-corrected chi connectivity index (χ1v) is 10.1. The highest BCUT2D eigenvalue weighted by Gasteiger charge is 2.18. The average molecular weight is 426 g/mol. The van der Waals surface area contributed by atoms with Crippen LogP contribution in [0.25, 0.3) is 22.2 Å². The number of nitrogens with one attached hydrogen (secondary N) is 1. The van der Waals surface area contributed by atoms with Crippen molar-refractivity contribution in [3.05, 3.63) is 84.3 Å². The van der Waals surface area contributed by atoms with Gasteiger partial charge in [0.2, 0.25) is 0 Å². The van der Waals surface area contributed by atoms with Gasteiger partial charge in [-0.25, -0.2) is 14.8 Å². The maximum atomic E-state index is 12.9. The summed E-state index contributed by atoms with van der Waals surface area (Å²) in [6.45, 7) is 5.47. The van der Waals surface area contributed by atoms with Crippen molar-refractivity contribution in [2.45, 2.75) is 26.4 Å². The van der Waals surface area contributed by atoms with Gasteiger partial charge >= 0.3 is 5.97 Å². The predicted octanol–water partition coefficient (Wildman–Crippen LogP) is 4.90. The highest BCUT2D eigenvalue weighted by Crippen LogP contribution is 2.22. The summed E-state index contributed by atoms with van der Waals surface area (Å²) in [5.41, 5.74) is 2.55. The van der Waals surface area contributed by atoms with Crippen LogP contribution in [-0.2, 0) is 4.74 Å². The lowest BCUT2D eigenvalue weighted by atomic mass is 10.1. The Balaban J connectivity index is 1.54. The first-order valence-electron chi connectivity index (χ1n) is 10.1. The number of ether oxygens (including phenoxy) is 1. The molecule has 7 nitrogen and oxygen atoms in total. The van der Waals surface area contributed by atoms with Gasteiger partial charge in [-0.05, 0) is 45.0 Å². The highest BCUT2D eigenvalue weighted by atomic mass is 16.6. The molecule has 1 N–H and O–H groups in total. The molecule has 0 saturated heterocycles. The molecule has 0 spiro atoms. The van der Waals surface area contributed by atoms with Gasteiger partial charge in [0, 0.05) is 23.2 Å². The minimum Gasteiger partial charge on any atom is -0.456 e. The van der Waals surface area contributed by atoms with Gasteiger partial charge in [0.25, 0.3) is 5.91 Å². The molecule has 2 aromatic carbocycles. The van der Waals surface area contributed by atoms with Crippen LogP contribution in [-0.4, -0.2) is 32.4 Å². The molecule has 0 radical (unpaired) electrons. The quantitative estimate of drug-likeness (QED) is 0.467. The molecule has 0 aliphatic heterocycles. The molecule has 0 aliphatic carbocycles. The van der Waals surface area contributed by atoms with Crippen molar-refractivity contribution >= 4 is 28.6 Å². The SMILES string of the molecule is CC(C)(C)OC(=O)c1ccc(-c2cc(NC(=O)c3ccnc4ccccc34)ncn2)cc1. The van der Waals surface area contributed by atoms with Crippen molar-refractivity contribution in [1.29, 1.82) is 0 Å². The third kappa shape index (κ3) is 4.78. The summed E-state index contributed by atoms with van der Waals surface area (Å²) >= 11 is 0. The van der Waals surface area contributed by atoms with Crippen LogP contribution in [0.5, 0.6) is 0 Å². The summed E-state index contributed by atoms with van der Waals surface area (Å²) in [6, 6.07) is 17.8. The third-order valence-corrected chi connectivity index (χ3v) is 4.62. The van der Waals surface area contributed by atoms with Gasteiger partial charge in [0.05, 0.1) is 22.3 Å². The molecular weight excluding hydrogens is 404 g/mol. The maximum Gasteiger partial charge on any atom is 0.338 e. The highest BCUT2D eigenvalue weighted by molar-refractivity contribution is 6.12. The van der Waals surface area contributed by atoms with E-state index in [9.17, 15) is 9.59 Å². The lowest BCUT2D eigenvalue weighted by Gasteiger charge is -2.19. The second-order valence-electron chi connectivity index (χ2n) is 8.20. The number of hydrogen-bond acceptors (Lipinski definition) is 6. The van der Waals surface area contributed by atoms with Crippen molar-refractivity contribution in [1.82, 2.24) is 15.0 Å². The maximum absolute atomic E-state index is 12.9. The van der Waals surface area contributed by atoms with Crippen molar-refractivity contribution in [3.8, 4) is 11.3 Å². The molecule has 4 rings (SSSR count). The minimum atomic E-state index is -0.560. The van der Waals surface area contributed by atoms with E-state index in [0.717, 1.165) is 16.5 Å². The Hall–Kier alpha value is -4.13. The zero-order valence-electron chi connectivity index (χ0n) is 18.0. The number of aromatic nitrogens is 3. The summed E-state index contributed by atoms with van der Waals surface area (Å²) in [6.07, 6.45) is 2.99. The molecule has 0 fully saturated rings. The molecular formula is C25H22N4O3. The van der Waals surface area contributed by atoms with E-state index in [2.05, 4.69) is 20.3 Å². The normalized spacial score (nSPS) is 11.2. The van der Waals surface area contributed by atoms with Gasteiger partial charge < -0.3 is 10.1 Å². The number of rotatable bonds is 4. The Labute approximate surface area is 185 Å². The number of nitrogens with zero attached hydrogens (tertiary/aromatic N) is 3. The third-order valence-electron chi connectivity index (χ3n) is 4.62.